The van der Waals surface area contributed by atoms with Crippen molar-refractivity contribution in [2.24, 2.45) is 11.3 Å². The maximum Gasteiger partial charge on any atom is 0.223 e. The lowest BCUT2D eigenvalue weighted by Crippen LogP contribution is -2.41. The van der Waals surface area contributed by atoms with Gasteiger partial charge in [-0.05, 0) is 23.6 Å². The highest BCUT2D eigenvalue weighted by molar-refractivity contribution is 5.79. The van der Waals surface area contributed by atoms with Crippen molar-refractivity contribution in [1.29, 1.82) is 0 Å². The normalized spacial score (nSPS) is 25.7. The van der Waals surface area contributed by atoms with Crippen LogP contribution in [-0.2, 0) is 16.1 Å². The fraction of sp³-hybridized carbons (Fsp3) is 0.632. The molecule has 4 nitrogen and oxygen atoms in total. The van der Waals surface area contributed by atoms with Crippen LogP contribution in [0.25, 0.3) is 0 Å². The molecule has 132 valence electrons. The zero-order chi connectivity index (χ0) is 17.2. The first-order valence-corrected chi connectivity index (χ1v) is 8.78. The van der Waals surface area contributed by atoms with Gasteiger partial charge in [0.15, 0.2) is 0 Å². The standard InChI is InChI=1S/C19H27FN2O2/c1-15(2)10-22-13-19(9-18(22)23)12-21(6-7-24-14-19)11-16-4-3-5-17(20)8-16/h3-5,8,15H,6-7,9-14H2,1-2H3. The van der Waals surface area contributed by atoms with E-state index >= 15 is 0 Å². The summed E-state index contributed by atoms with van der Waals surface area (Å²) in [5.41, 5.74) is 0.839. The number of rotatable bonds is 4. The maximum absolute atomic E-state index is 13.4. The molecule has 3 rings (SSSR count). The first kappa shape index (κ1) is 17.4. The van der Waals surface area contributed by atoms with Gasteiger partial charge in [0.2, 0.25) is 5.91 Å². The molecule has 2 saturated heterocycles. The highest BCUT2D eigenvalue weighted by Crippen LogP contribution is 2.35. The molecule has 2 heterocycles. The van der Waals surface area contributed by atoms with E-state index in [1.54, 1.807) is 12.1 Å². The van der Waals surface area contributed by atoms with E-state index in [9.17, 15) is 9.18 Å². The van der Waals surface area contributed by atoms with E-state index in [0.29, 0.717) is 32.1 Å². The summed E-state index contributed by atoms with van der Waals surface area (Å²) in [6.07, 6.45) is 0.555. The fourth-order valence-electron chi connectivity index (χ4n) is 3.90. The average Bonchev–Trinajstić information content (AvgIpc) is 2.66. The SMILES string of the molecule is CC(C)CN1CC2(COCCN(Cc3cccc(F)c3)C2)CC1=O. The van der Waals surface area contributed by atoms with Gasteiger partial charge in [-0.25, -0.2) is 4.39 Å². The van der Waals surface area contributed by atoms with Crippen molar-refractivity contribution in [3.63, 3.8) is 0 Å². The summed E-state index contributed by atoms with van der Waals surface area (Å²) >= 11 is 0. The van der Waals surface area contributed by atoms with Crippen molar-refractivity contribution in [3.05, 3.63) is 35.6 Å². The molecule has 2 fully saturated rings. The van der Waals surface area contributed by atoms with Crippen LogP contribution in [0.1, 0.15) is 25.8 Å². The molecule has 1 atom stereocenters. The van der Waals surface area contributed by atoms with Crippen LogP contribution in [0, 0.1) is 17.2 Å². The lowest BCUT2D eigenvalue weighted by molar-refractivity contribution is -0.128. The minimum absolute atomic E-state index is 0.129. The highest BCUT2D eigenvalue weighted by atomic mass is 19.1. The van der Waals surface area contributed by atoms with Crippen LogP contribution in [0.4, 0.5) is 4.39 Å². The lowest BCUT2D eigenvalue weighted by Gasteiger charge is -2.31. The van der Waals surface area contributed by atoms with E-state index in [4.69, 9.17) is 4.74 Å². The first-order valence-electron chi connectivity index (χ1n) is 8.78. The molecular weight excluding hydrogens is 307 g/mol. The molecule has 1 aromatic carbocycles. The molecule has 1 spiro atoms. The molecule has 0 aromatic heterocycles. The van der Waals surface area contributed by atoms with Gasteiger partial charge < -0.3 is 9.64 Å². The average molecular weight is 334 g/mol. The predicted molar refractivity (Wildman–Crippen MR) is 91.0 cm³/mol. The second kappa shape index (κ2) is 7.19. The number of carbonyl (C=O) groups excluding carboxylic acids is 1. The van der Waals surface area contributed by atoms with Crippen molar-refractivity contribution < 1.29 is 13.9 Å². The van der Waals surface area contributed by atoms with Gasteiger partial charge in [0.05, 0.1) is 13.2 Å². The molecule has 0 aliphatic carbocycles. The molecule has 2 aliphatic heterocycles. The van der Waals surface area contributed by atoms with Crippen molar-refractivity contribution in [3.8, 4) is 0 Å². The number of halogens is 1. The van der Waals surface area contributed by atoms with E-state index < -0.39 is 0 Å². The van der Waals surface area contributed by atoms with Gasteiger partial charge in [0, 0.05) is 44.6 Å². The van der Waals surface area contributed by atoms with Gasteiger partial charge >= 0.3 is 0 Å². The topological polar surface area (TPSA) is 32.8 Å². The summed E-state index contributed by atoms with van der Waals surface area (Å²) in [6, 6.07) is 6.75. The molecule has 1 amide bonds. The Morgan fingerprint density at radius 3 is 2.92 bits per heavy atom. The molecule has 1 unspecified atom stereocenters. The second-order valence-corrected chi connectivity index (χ2v) is 7.74. The highest BCUT2D eigenvalue weighted by Gasteiger charge is 2.45. The van der Waals surface area contributed by atoms with Crippen LogP contribution in [0.5, 0.6) is 0 Å². The van der Waals surface area contributed by atoms with Gasteiger partial charge in [-0.3, -0.25) is 9.69 Å². The zero-order valence-electron chi connectivity index (χ0n) is 14.6. The molecule has 2 aliphatic rings. The Bertz CT molecular complexity index is 592. The van der Waals surface area contributed by atoms with E-state index in [-0.39, 0.29) is 17.1 Å². The van der Waals surface area contributed by atoms with E-state index in [1.807, 2.05) is 11.0 Å². The van der Waals surface area contributed by atoms with Crippen LogP contribution in [-0.4, -0.2) is 55.1 Å². The third kappa shape index (κ3) is 4.14. The van der Waals surface area contributed by atoms with E-state index in [2.05, 4.69) is 18.7 Å². The summed E-state index contributed by atoms with van der Waals surface area (Å²) in [5, 5.41) is 0. The Morgan fingerprint density at radius 1 is 1.33 bits per heavy atom. The Hall–Kier alpha value is -1.46. The number of benzene rings is 1. The molecule has 0 radical (unpaired) electrons. The minimum atomic E-state index is -0.201. The van der Waals surface area contributed by atoms with Crippen molar-refractivity contribution in [1.82, 2.24) is 9.80 Å². The Kier molecular flexibility index (Phi) is 5.21. The lowest BCUT2D eigenvalue weighted by atomic mass is 9.87. The molecule has 5 heteroatoms. The molecule has 1 aromatic rings. The van der Waals surface area contributed by atoms with Gasteiger partial charge in [-0.2, -0.15) is 0 Å². The van der Waals surface area contributed by atoms with Gasteiger partial charge in [0.1, 0.15) is 5.82 Å². The van der Waals surface area contributed by atoms with Gasteiger partial charge in [-0.15, -0.1) is 0 Å². The molecule has 0 bridgehead atoms. The van der Waals surface area contributed by atoms with Crippen molar-refractivity contribution >= 4 is 5.91 Å². The van der Waals surface area contributed by atoms with E-state index in [0.717, 1.165) is 31.7 Å². The largest absolute Gasteiger partial charge is 0.379 e. The smallest absolute Gasteiger partial charge is 0.223 e. The quantitative estimate of drug-likeness (QED) is 0.848. The van der Waals surface area contributed by atoms with Crippen LogP contribution in [0.15, 0.2) is 24.3 Å². The number of likely N-dealkylation sites (tertiary alicyclic amines) is 1. The number of nitrogens with zero attached hydrogens (tertiary/aromatic N) is 2. The number of carbonyl (C=O) groups is 1. The minimum Gasteiger partial charge on any atom is -0.379 e. The Morgan fingerprint density at radius 2 is 2.17 bits per heavy atom. The third-order valence-electron chi connectivity index (χ3n) is 4.81. The Balaban J connectivity index is 1.70. The van der Waals surface area contributed by atoms with E-state index in [1.165, 1.54) is 6.07 Å². The van der Waals surface area contributed by atoms with Gasteiger partial charge in [-0.1, -0.05) is 26.0 Å². The molecule has 0 N–H and O–H groups in total. The van der Waals surface area contributed by atoms with Crippen LogP contribution >= 0.6 is 0 Å². The number of hydrogen-bond acceptors (Lipinski definition) is 3. The first-order chi connectivity index (χ1) is 11.5. The third-order valence-corrected chi connectivity index (χ3v) is 4.81. The Labute approximate surface area is 143 Å². The summed E-state index contributed by atoms with van der Waals surface area (Å²) in [7, 11) is 0. The fourth-order valence-corrected chi connectivity index (χ4v) is 3.90. The summed E-state index contributed by atoms with van der Waals surface area (Å²) in [6.45, 7) is 9.48. The summed E-state index contributed by atoms with van der Waals surface area (Å²) < 4.78 is 19.3. The molecule has 24 heavy (non-hydrogen) atoms. The van der Waals surface area contributed by atoms with Gasteiger partial charge in [0.25, 0.3) is 0 Å². The molecule has 0 saturated carbocycles. The number of ether oxygens (including phenoxy) is 1. The second-order valence-electron chi connectivity index (χ2n) is 7.74. The summed E-state index contributed by atoms with van der Waals surface area (Å²) in [4.78, 5) is 16.7. The predicted octanol–water partition coefficient (Wildman–Crippen LogP) is 2.53. The van der Waals surface area contributed by atoms with Crippen LogP contribution in [0.2, 0.25) is 0 Å². The van der Waals surface area contributed by atoms with Crippen molar-refractivity contribution in [2.75, 3.05) is 39.4 Å². The monoisotopic (exact) mass is 334 g/mol. The maximum atomic E-state index is 13.4. The zero-order valence-corrected chi connectivity index (χ0v) is 14.6. The number of hydrogen-bond donors (Lipinski definition) is 0. The van der Waals surface area contributed by atoms with Crippen molar-refractivity contribution in [2.45, 2.75) is 26.8 Å². The van der Waals surface area contributed by atoms with Crippen LogP contribution in [0.3, 0.4) is 0 Å². The van der Waals surface area contributed by atoms with Crippen LogP contribution < -0.4 is 0 Å². The molecular formula is C19H27FN2O2. The summed E-state index contributed by atoms with van der Waals surface area (Å²) in [5.74, 6) is 0.506. The number of amides is 1.